The zero-order chi connectivity index (χ0) is 23.4. The van der Waals surface area contributed by atoms with Gasteiger partial charge in [0.1, 0.15) is 17.3 Å². The molecule has 0 saturated carbocycles. The standard InChI is InChI=1S/C25H24F3NO3/c1-5-31-23(30)14-32-22-10-9-20(27)25(24(22)28)29(4)21-13-18(11-15(2)16(21)3)17-7-6-8-19(26)12-17/h6-13H,5,14H2,1-4H3. The Morgan fingerprint density at radius 1 is 1.00 bits per heavy atom. The Hall–Kier alpha value is -3.48. The molecule has 32 heavy (non-hydrogen) atoms. The van der Waals surface area contributed by atoms with Crippen LogP contribution >= 0.6 is 0 Å². The molecule has 0 aliphatic heterocycles. The van der Waals surface area contributed by atoms with Crippen molar-refractivity contribution in [2.24, 2.45) is 0 Å². The maximum atomic E-state index is 15.2. The molecule has 4 nitrogen and oxygen atoms in total. The summed E-state index contributed by atoms with van der Waals surface area (Å²) in [5.74, 6) is -3.02. The number of nitrogens with zero attached hydrogens (tertiary/aromatic N) is 1. The second kappa shape index (κ2) is 9.77. The van der Waals surface area contributed by atoms with E-state index in [1.54, 1.807) is 25.1 Å². The summed E-state index contributed by atoms with van der Waals surface area (Å²) in [4.78, 5) is 12.9. The molecule has 0 fully saturated rings. The van der Waals surface area contributed by atoms with Crippen LogP contribution in [0.1, 0.15) is 18.1 Å². The van der Waals surface area contributed by atoms with Crippen LogP contribution in [0.15, 0.2) is 48.5 Å². The van der Waals surface area contributed by atoms with Crippen molar-refractivity contribution >= 4 is 17.3 Å². The molecule has 0 bridgehead atoms. The summed E-state index contributed by atoms with van der Waals surface area (Å²) in [5, 5.41) is 0. The molecule has 0 heterocycles. The molecule has 3 aromatic rings. The average molecular weight is 443 g/mol. The summed E-state index contributed by atoms with van der Waals surface area (Å²) in [6.07, 6.45) is 0. The minimum atomic E-state index is -0.940. The second-order valence-electron chi connectivity index (χ2n) is 7.31. The lowest BCUT2D eigenvalue weighted by atomic mass is 9.98. The van der Waals surface area contributed by atoms with E-state index < -0.39 is 24.2 Å². The molecule has 0 aliphatic carbocycles. The van der Waals surface area contributed by atoms with Crippen molar-refractivity contribution in [3.63, 3.8) is 0 Å². The zero-order valence-corrected chi connectivity index (χ0v) is 18.3. The molecule has 3 rings (SSSR count). The molecular weight excluding hydrogens is 419 g/mol. The summed E-state index contributed by atoms with van der Waals surface area (Å²) in [6.45, 7) is 5.04. The monoisotopic (exact) mass is 443 g/mol. The Bertz CT molecular complexity index is 1150. The molecule has 0 amide bonds. The van der Waals surface area contributed by atoms with E-state index in [-0.39, 0.29) is 23.9 Å². The van der Waals surface area contributed by atoms with Gasteiger partial charge >= 0.3 is 5.97 Å². The van der Waals surface area contributed by atoms with Crippen LogP contribution in [-0.4, -0.2) is 26.2 Å². The highest BCUT2D eigenvalue weighted by Crippen LogP contribution is 2.38. The van der Waals surface area contributed by atoms with Crippen LogP contribution in [-0.2, 0) is 9.53 Å². The first-order valence-corrected chi connectivity index (χ1v) is 10.1. The molecule has 168 valence electrons. The van der Waals surface area contributed by atoms with Gasteiger partial charge in [0.05, 0.1) is 6.61 Å². The first kappa shape index (κ1) is 23.2. The fourth-order valence-electron chi connectivity index (χ4n) is 3.43. The third-order valence-electron chi connectivity index (χ3n) is 5.18. The lowest BCUT2D eigenvalue weighted by Gasteiger charge is -2.25. The van der Waals surface area contributed by atoms with Crippen molar-refractivity contribution in [1.82, 2.24) is 0 Å². The van der Waals surface area contributed by atoms with Crippen LogP contribution < -0.4 is 9.64 Å². The van der Waals surface area contributed by atoms with Crippen LogP contribution in [0.3, 0.4) is 0 Å². The van der Waals surface area contributed by atoms with Crippen molar-refractivity contribution in [3.8, 4) is 16.9 Å². The lowest BCUT2D eigenvalue weighted by molar-refractivity contribution is -0.145. The number of hydrogen-bond donors (Lipinski definition) is 0. The molecule has 3 aromatic carbocycles. The van der Waals surface area contributed by atoms with Gasteiger partial charge in [0.15, 0.2) is 18.2 Å². The Morgan fingerprint density at radius 2 is 1.75 bits per heavy atom. The fraction of sp³-hybridized carbons (Fsp3) is 0.240. The maximum absolute atomic E-state index is 15.2. The van der Waals surface area contributed by atoms with Gasteiger partial charge in [0, 0.05) is 12.7 Å². The SMILES string of the molecule is CCOC(=O)COc1ccc(F)c(N(C)c2cc(-c3cccc(F)c3)cc(C)c2C)c1F. The number of carbonyl (C=O) groups is 1. The Morgan fingerprint density at radius 3 is 2.44 bits per heavy atom. The van der Waals surface area contributed by atoms with Crippen LogP contribution in [0.4, 0.5) is 24.5 Å². The van der Waals surface area contributed by atoms with E-state index in [9.17, 15) is 13.6 Å². The molecule has 0 spiro atoms. The molecule has 7 heteroatoms. The van der Waals surface area contributed by atoms with Crippen molar-refractivity contribution in [2.45, 2.75) is 20.8 Å². The summed E-state index contributed by atoms with van der Waals surface area (Å²) >= 11 is 0. The highest BCUT2D eigenvalue weighted by Gasteiger charge is 2.22. The number of rotatable bonds is 7. The summed E-state index contributed by atoms with van der Waals surface area (Å²) in [5.41, 5.74) is 3.27. The van der Waals surface area contributed by atoms with Crippen molar-refractivity contribution < 1.29 is 27.4 Å². The predicted octanol–water partition coefficient (Wildman–Crippen LogP) is 6.10. The van der Waals surface area contributed by atoms with E-state index >= 15 is 4.39 Å². The third kappa shape index (κ3) is 4.88. The van der Waals surface area contributed by atoms with Gasteiger partial charge in [-0.1, -0.05) is 18.2 Å². The second-order valence-corrected chi connectivity index (χ2v) is 7.31. The zero-order valence-electron chi connectivity index (χ0n) is 18.3. The van der Waals surface area contributed by atoms with Crippen LogP contribution in [0.25, 0.3) is 11.1 Å². The molecule has 0 radical (unpaired) electrons. The Kier molecular flexibility index (Phi) is 7.08. The van der Waals surface area contributed by atoms with E-state index in [0.29, 0.717) is 16.8 Å². The van der Waals surface area contributed by atoms with Gasteiger partial charge in [-0.15, -0.1) is 0 Å². The molecule has 0 atom stereocenters. The number of carbonyl (C=O) groups excluding carboxylic acids is 1. The van der Waals surface area contributed by atoms with Gasteiger partial charge < -0.3 is 14.4 Å². The molecule has 0 aliphatic rings. The minimum Gasteiger partial charge on any atom is -0.479 e. The third-order valence-corrected chi connectivity index (χ3v) is 5.18. The average Bonchev–Trinajstić information content (AvgIpc) is 2.75. The quantitative estimate of drug-likeness (QED) is 0.414. The van der Waals surface area contributed by atoms with E-state index in [0.717, 1.165) is 23.3 Å². The Labute approximate surface area is 185 Å². The molecule has 0 N–H and O–H groups in total. The molecule has 0 saturated heterocycles. The van der Waals surface area contributed by atoms with Gasteiger partial charge in [0.25, 0.3) is 0 Å². The van der Waals surface area contributed by atoms with Gasteiger partial charge in [-0.25, -0.2) is 18.0 Å². The van der Waals surface area contributed by atoms with Gasteiger partial charge in [-0.2, -0.15) is 0 Å². The van der Waals surface area contributed by atoms with Crippen molar-refractivity contribution in [2.75, 3.05) is 25.2 Å². The van der Waals surface area contributed by atoms with E-state index in [4.69, 9.17) is 9.47 Å². The number of esters is 1. The molecule has 0 aromatic heterocycles. The summed E-state index contributed by atoms with van der Waals surface area (Å²) in [7, 11) is 1.54. The summed E-state index contributed by atoms with van der Waals surface area (Å²) in [6, 6.07) is 12.0. The van der Waals surface area contributed by atoms with Gasteiger partial charge in [-0.3, -0.25) is 0 Å². The number of benzene rings is 3. The Balaban J connectivity index is 2.02. The predicted molar refractivity (Wildman–Crippen MR) is 118 cm³/mol. The largest absolute Gasteiger partial charge is 0.479 e. The highest BCUT2D eigenvalue weighted by molar-refractivity contribution is 5.77. The van der Waals surface area contributed by atoms with Crippen LogP contribution in [0.2, 0.25) is 0 Å². The van der Waals surface area contributed by atoms with Crippen LogP contribution in [0, 0.1) is 31.3 Å². The normalized spacial score (nSPS) is 10.7. The number of aryl methyl sites for hydroxylation is 1. The minimum absolute atomic E-state index is 0.169. The molecular formula is C25H24F3NO3. The summed E-state index contributed by atoms with van der Waals surface area (Å²) < 4.78 is 53.6. The van der Waals surface area contributed by atoms with E-state index in [2.05, 4.69) is 0 Å². The number of halogens is 3. The number of ether oxygens (including phenoxy) is 2. The number of hydrogen-bond acceptors (Lipinski definition) is 4. The first-order valence-electron chi connectivity index (χ1n) is 10.1. The molecule has 0 unspecified atom stereocenters. The van der Waals surface area contributed by atoms with Crippen molar-refractivity contribution in [3.05, 3.63) is 77.1 Å². The fourth-order valence-corrected chi connectivity index (χ4v) is 3.43. The van der Waals surface area contributed by atoms with Gasteiger partial charge in [-0.05, 0) is 73.4 Å². The topological polar surface area (TPSA) is 38.8 Å². The van der Waals surface area contributed by atoms with E-state index in [1.165, 1.54) is 24.1 Å². The smallest absolute Gasteiger partial charge is 0.344 e. The highest BCUT2D eigenvalue weighted by atomic mass is 19.1. The van der Waals surface area contributed by atoms with Crippen molar-refractivity contribution in [1.29, 1.82) is 0 Å². The maximum Gasteiger partial charge on any atom is 0.344 e. The van der Waals surface area contributed by atoms with Crippen LogP contribution in [0.5, 0.6) is 5.75 Å². The van der Waals surface area contributed by atoms with Gasteiger partial charge in [0.2, 0.25) is 0 Å². The number of anilines is 2. The lowest BCUT2D eigenvalue weighted by Crippen LogP contribution is -2.18. The first-order chi connectivity index (χ1) is 15.2. The van der Waals surface area contributed by atoms with E-state index in [1.807, 2.05) is 19.9 Å².